The molecule has 0 saturated carbocycles. The molecule has 0 saturated heterocycles. The van der Waals surface area contributed by atoms with E-state index >= 15 is 0 Å². The molecule has 0 radical (unpaired) electrons. The molecule has 0 aliphatic rings. The van der Waals surface area contributed by atoms with E-state index in [1.165, 1.54) is 6.26 Å². The van der Waals surface area contributed by atoms with Gasteiger partial charge in [0.05, 0.1) is 11.3 Å². The van der Waals surface area contributed by atoms with E-state index in [2.05, 4.69) is 4.72 Å². The van der Waals surface area contributed by atoms with Crippen molar-refractivity contribution in [2.45, 2.75) is 17.9 Å². The number of nitrogens with two attached hydrogens (primary N) is 1. The van der Waals surface area contributed by atoms with E-state index in [1.807, 2.05) is 0 Å². The number of hydrogen-bond donors (Lipinski definition) is 3. The lowest BCUT2D eigenvalue weighted by atomic mass is 10.2. The molecule has 4 N–H and O–H groups in total. The van der Waals surface area contributed by atoms with Gasteiger partial charge in [-0.2, -0.15) is 0 Å². The minimum absolute atomic E-state index is 0.0934. The average molecular weight is 320 g/mol. The molecule has 0 fully saturated rings. The van der Waals surface area contributed by atoms with Crippen LogP contribution in [0.2, 0.25) is 0 Å². The van der Waals surface area contributed by atoms with Crippen LogP contribution in [-0.2, 0) is 20.8 Å². The van der Waals surface area contributed by atoms with Crippen molar-refractivity contribution in [3.8, 4) is 0 Å². The Hall–Kier alpha value is -1.45. The van der Waals surface area contributed by atoms with Gasteiger partial charge in [0.25, 0.3) is 0 Å². The maximum atomic E-state index is 12.1. The lowest BCUT2D eigenvalue weighted by Crippen LogP contribution is -2.36. The molecule has 112 valence electrons. The van der Waals surface area contributed by atoms with E-state index in [-0.39, 0.29) is 21.9 Å². The summed E-state index contributed by atoms with van der Waals surface area (Å²) in [5.41, 5.74) is 5.34. The maximum Gasteiger partial charge on any atom is 0.335 e. The number of carboxylic acid groups (broad SMARTS) is 1. The molecule has 0 amide bonds. The van der Waals surface area contributed by atoms with Crippen LogP contribution in [0.5, 0.6) is 0 Å². The monoisotopic (exact) mass is 320 g/mol. The van der Waals surface area contributed by atoms with Gasteiger partial charge in [-0.1, -0.05) is 0 Å². The molecule has 1 aromatic carbocycles. The summed E-state index contributed by atoms with van der Waals surface area (Å²) in [7, 11) is -5.02. The van der Waals surface area contributed by atoms with Gasteiger partial charge in [-0.15, -0.1) is 0 Å². The molecule has 7 nitrogen and oxygen atoms in total. The van der Waals surface area contributed by atoms with Gasteiger partial charge < -0.3 is 10.8 Å². The molecular formula is C11H16N2O5S2. The fourth-order valence-electron chi connectivity index (χ4n) is 1.64. The van der Waals surface area contributed by atoms with E-state index in [1.54, 1.807) is 6.92 Å². The lowest BCUT2D eigenvalue weighted by molar-refractivity contribution is 0.0697. The number of nitrogen functional groups attached to an aromatic ring is 1. The molecule has 0 bridgehead atoms. The summed E-state index contributed by atoms with van der Waals surface area (Å²) in [4.78, 5) is 10.6. The molecule has 20 heavy (non-hydrogen) atoms. The largest absolute Gasteiger partial charge is 0.478 e. The van der Waals surface area contributed by atoms with Crippen LogP contribution in [0.3, 0.4) is 0 Å². The van der Waals surface area contributed by atoms with E-state index in [4.69, 9.17) is 10.8 Å². The molecule has 0 aromatic heterocycles. The molecular weight excluding hydrogens is 304 g/mol. The Balaban J connectivity index is 3.04. The van der Waals surface area contributed by atoms with Crippen LogP contribution >= 0.6 is 0 Å². The number of benzene rings is 1. The number of rotatable bonds is 6. The highest BCUT2D eigenvalue weighted by Crippen LogP contribution is 2.20. The van der Waals surface area contributed by atoms with Gasteiger partial charge in [0.2, 0.25) is 10.0 Å². The Kier molecular flexibility index (Phi) is 5.26. The number of carboxylic acids is 1. The molecule has 0 spiro atoms. The highest BCUT2D eigenvalue weighted by atomic mass is 32.2. The molecule has 0 heterocycles. The van der Waals surface area contributed by atoms with Crippen LogP contribution in [0.25, 0.3) is 0 Å². The Bertz CT molecular complexity index is 642. The fourth-order valence-corrected chi connectivity index (χ4v) is 3.89. The van der Waals surface area contributed by atoms with Gasteiger partial charge in [0.15, 0.2) is 0 Å². The summed E-state index contributed by atoms with van der Waals surface area (Å²) >= 11 is 0. The number of aromatic carboxylic acids is 1. The maximum absolute atomic E-state index is 12.1. The number of sulfonamides is 1. The predicted molar refractivity (Wildman–Crippen MR) is 76.5 cm³/mol. The first-order chi connectivity index (χ1) is 9.13. The van der Waals surface area contributed by atoms with Crippen LogP contribution in [0.4, 0.5) is 5.69 Å². The third-order valence-corrected chi connectivity index (χ3v) is 5.02. The zero-order valence-corrected chi connectivity index (χ0v) is 12.6. The van der Waals surface area contributed by atoms with Gasteiger partial charge in [0.1, 0.15) is 4.90 Å². The summed E-state index contributed by atoms with van der Waals surface area (Å²) in [5.74, 6) is -1.02. The quantitative estimate of drug-likeness (QED) is 0.634. The van der Waals surface area contributed by atoms with Gasteiger partial charge in [0, 0.05) is 28.9 Å². The normalized spacial score (nSPS) is 14.7. The molecule has 2 unspecified atom stereocenters. The van der Waals surface area contributed by atoms with Gasteiger partial charge >= 0.3 is 5.97 Å². The van der Waals surface area contributed by atoms with Gasteiger partial charge in [-0.3, -0.25) is 4.21 Å². The summed E-state index contributed by atoms with van der Waals surface area (Å²) in [6.45, 7) is 1.58. The number of anilines is 1. The van der Waals surface area contributed by atoms with Crippen molar-refractivity contribution in [3.05, 3.63) is 23.8 Å². The average Bonchev–Trinajstić information content (AvgIpc) is 2.25. The molecule has 1 aromatic rings. The second-order valence-corrected chi connectivity index (χ2v) is 7.48. The number of hydrogen-bond acceptors (Lipinski definition) is 5. The predicted octanol–water partition coefficient (Wildman–Crippen LogP) is 0.0123. The second-order valence-electron chi connectivity index (χ2n) is 4.32. The van der Waals surface area contributed by atoms with Crippen molar-refractivity contribution in [1.82, 2.24) is 4.72 Å². The first-order valence-corrected chi connectivity index (χ1v) is 8.79. The zero-order chi connectivity index (χ0) is 15.5. The third kappa shape index (κ3) is 4.29. The minimum Gasteiger partial charge on any atom is -0.478 e. The summed E-state index contributed by atoms with van der Waals surface area (Å²) < 4.78 is 37.6. The molecule has 0 aliphatic carbocycles. The molecule has 9 heteroatoms. The fraction of sp³-hybridized carbons (Fsp3) is 0.364. The number of carbonyl (C=O) groups is 1. The Morgan fingerprint density at radius 1 is 1.50 bits per heavy atom. The summed E-state index contributed by atoms with van der Waals surface area (Å²) in [5, 5.41) is 8.79. The number of nitrogens with one attached hydrogen (secondary N) is 1. The first-order valence-electron chi connectivity index (χ1n) is 5.58. The van der Waals surface area contributed by atoms with Crippen LogP contribution in [-0.4, -0.2) is 41.8 Å². The van der Waals surface area contributed by atoms with Crippen molar-refractivity contribution in [3.63, 3.8) is 0 Å². The smallest absolute Gasteiger partial charge is 0.335 e. The van der Waals surface area contributed by atoms with E-state index in [0.29, 0.717) is 0 Å². The van der Waals surface area contributed by atoms with Crippen LogP contribution in [0.15, 0.2) is 23.1 Å². The second kappa shape index (κ2) is 6.33. The van der Waals surface area contributed by atoms with Crippen molar-refractivity contribution in [2.75, 3.05) is 17.7 Å². The van der Waals surface area contributed by atoms with Gasteiger partial charge in [-0.25, -0.2) is 17.9 Å². The topological polar surface area (TPSA) is 127 Å². The van der Waals surface area contributed by atoms with Crippen LogP contribution < -0.4 is 10.5 Å². The van der Waals surface area contributed by atoms with Crippen molar-refractivity contribution in [2.24, 2.45) is 0 Å². The molecule has 2 atom stereocenters. The van der Waals surface area contributed by atoms with Crippen molar-refractivity contribution >= 4 is 32.5 Å². The van der Waals surface area contributed by atoms with E-state index < -0.39 is 32.8 Å². The first kappa shape index (κ1) is 16.6. The summed E-state index contributed by atoms with van der Waals surface area (Å²) in [6, 6.07) is 2.86. The third-order valence-electron chi connectivity index (χ3n) is 2.39. The van der Waals surface area contributed by atoms with Crippen molar-refractivity contribution < 1.29 is 22.5 Å². The van der Waals surface area contributed by atoms with Crippen molar-refractivity contribution in [1.29, 1.82) is 0 Å². The Labute approximate surface area is 119 Å². The Morgan fingerprint density at radius 3 is 2.55 bits per heavy atom. The van der Waals surface area contributed by atoms with E-state index in [9.17, 15) is 17.4 Å². The van der Waals surface area contributed by atoms with Crippen LogP contribution in [0.1, 0.15) is 17.3 Å². The van der Waals surface area contributed by atoms with Crippen LogP contribution in [0, 0.1) is 0 Å². The lowest BCUT2D eigenvalue weighted by Gasteiger charge is -2.14. The highest BCUT2D eigenvalue weighted by molar-refractivity contribution is 7.89. The molecule has 0 aliphatic heterocycles. The minimum atomic E-state index is -3.88. The van der Waals surface area contributed by atoms with E-state index in [0.717, 1.165) is 18.2 Å². The zero-order valence-electron chi connectivity index (χ0n) is 11.0. The summed E-state index contributed by atoms with van der Waals surface area (Å²) in [6.07, 6.45) is 1.47. The highest BCUT2D eigenvalue weighted by Gasteiger charge is 2.21. The molecule has 1 rings (SSSR count). The van der Waals surface area contributed by atoms with Gasteiger partial charge in [-0.05, 0) is 25.1 Å². The standard InChI is InChI=1S/C11H16N2O5S2/c1-7(6-19(2)16)13-20(17,18)10-4-3-8(11(14)15)5-9(10)12/h3-5,7,13H,6,12H2,1-2H3,(H,14,15). The SMILES string of the molecule is CC(CS(C)=O)NS(=O)(=O)c1ccc(C(=O)O)cc1N. The Morgan fingerprint density at radius 2 is 2.10 bits per heavy atom.